The predicted molar refractivity (Wildman–Crippen MR) is 118 cm³/mol. The van der Waals surface area contributed by atoms with Crippen LogP contribution in [0.25, 0.3) is 22.6 Å². The highest BCUT2D eigenvalue weighted by molar-refractivity contribution is 9.10. The summed E-state index contributed by atoms with van der Waals surface area (Å²) in [5.41, 5.74) is 2.10. The molecule has 0 aliphatic rings. The SMILES string of the molecule is CC(=O)OCCn1nnnc1-c1cc2ccc(CNc3ccc(OC(F)(F)F)c(Br)c3)cc2o1. The summed E-state index contributed by atoms with van der Waals surface area (Å²) in [6.45, 7) is 2.12. The van der Waals surface area contributed by atoms with E-state index in [9.17, 15) is 18.0 Å². The normalized spacial score (nSPS) is 11.6. The Hall–Kier alpha value is -3.61. The molecule has 178 valence electrons. The summed E-state index contributed by atoms with van der Waals surface area (Å²) in [6, 6.07) is 11.6. The number of hydrogen-bond acceptors (Lipinski definition) is 8. The van der Waals surface area contributed by atoms with E-state index in [-0.39, 0.29) is 23.4 Å². The van der Waals surface area contributed by atoms with Crippen molar-refractivity contribution in [1.82, 2.24) is 20.2 Å². The Morgan fingerprint density at radius 2 is 2.03 bits per heavy atom. The zero-order valence-electron chi connectivity index (χ0n) is 17.6. The summed E-state index contributed by atoms with van der Waals surface area (Å²) in [4.78, 5) is 10.9. The number of tetrazole rings is 1. The Bertz CT molecular complexity index is 1320. The second-order valence-corrected chi connectivity index (χ2v) is 7.95. The van der Waals surface area contributed by atoms with Crippen molar-refractivity contribution in [3.63, 3.8) is 0 Å². The number of alkyl halides is 3. The Morgan fingerprint density at radius 1 is 1.21 bits per heavy atom. The molecule has 0 unspecified atom stereocenters. The Balaban J connectivity index is 1.45. The van der Waals surface area contributed by atoms with Crippen LogP contribution >= 0.6 is 15.9 Å². The lowest BCUT2D eigenvalue weighted by atomic mass is 10.1. The molecule has 0 aliphatic heterocycles. The summed E-state index contributed by atoms with van der Waals surface area (Å²) < 4.78 is 53.7. The third kappa shape index (κ3) is 5.84. The fourth-order valence-corrected chi connectivity index (χ4v) is 3.59. The van der Waals surface area contributed by atoms with Gasteiger partial charge in [0, 0.05) is 24.5 Å². The third-order valence-electron chi connectivity index (χ3n) is 4.60. The van der Waals surface area contributed by atoms with Crippen LogP contribution in [0.2, 0.25) is 0 Å². The second kappa shape index (κ2) is 9.71. The average molecular weight is 540 g/mol. The minimum Gasteiger partial charge on any atom is -0.464 e. The van der Waals surface area contributed by atoms with Gasteiger partial charge in [-0.3, -0.25) is 4.79 Å². The molecule has 0 aliphatic carbocycles. The largest absolute Gasteiger partial charge is 0.573 e. The van der Waals surface area contributed by atoms with Gasteiger partial charge in [0.2, 0.25) is 5.82 Å². The molecule has 0 saturated carbocycles. The number of fused-ring (bicyclic) bond motifs is 1. The lowest BCUT2D eigenvalue weighted by molar-refractivity contribution is -0.274. The maximum Gasteiger partial charge on any atom is 0.573 e. The number of carbonyl (C=O) groups excluding carboxylic acids is 1. The first-order chi connectivity index (χ1) is 16.2. The summed E-state index contributed by atoms with van der Waals surface area (Å²) in [7, 11) is 0. The van der Waals surface area contributed by atoms with Gasteiger partial charge < -0.3 is 19.2 Å². The van der Waals surface area contributed by atoms with Gasteiger partial charge in [-0.15, -0.1) is 18.3 Å². The zero-order chi connectivity index (χ0) is 24.3. The predicted octanol–water partition coefficient (Wildman–Crippen LogP) is 4.92. The number of ether oxygens (including phenoxy) is 2. The van der Waals surface area contributed by atoms with E-state index in [1.54, 1.807) is 6.07 Å². The van der Waals surface area contributed by atoms with Crippen molar-refractivity contribution in [2.24, 2.45) is 0 Å². The molecule has 0 atom stereocenters. The van der Waals surface area contributed by atoms with E-state index < -0.39 is 12.3 Å². The van der Waals surface area contributed by atoms with Gasteiger partial charge in [0.15, 0.2) is 5.76 Å². The molecule has 2 heterocycles. The van der Waals surface area contributed by atoms with E-state index in [0.717, 1.165) is 10.9 Å². The van der Waals surface area contributed by atoms with Gasteiger partial charge >= 0.3 is 12.3 Å². The summed E-state index contributed by atoms with van der Waals surface area (Å²) in [6.07, 6.45) is -4.76. The zero-order valence-corrected chi connectivity index (χ0v) is 19.2. The number of carbonyl (C=O) groups is 1. The fourth-order valence-electron chi connectivity index (χ4n) is 3.13. The van der Waals surface area contributed by atoms with Crippen LogP contribution in [-0.2, 0) is 22.6 Å². The van der Waals surface area contributed by atoms with Crippen LogP contribution in [0.1, 0.15) is 12.5 Å². The van der Waals surface area contributed by atoms with Gasteiger partial charge in [-0.05, 0) is 62.3 Å². The number of furan rings is 1. The molecule has 0 amide bonds. The van der Waals surface area contributed by atoms with Gasteiger partial charge in [-0.2, -0.15) is 0 Å². The van der Waals surface area contributed by atoms with Gasteiger partial charge in [-0.25, -0.2) is 4.68 Å². The number of nitrogens with one attached hydrogen (secondary N) is 1. The van der Waals surface area contributed by atoms with Crippen molar-refractivity contribution in [1.29, 1.82) is 0 Å². The number of anilines is 1. The van der Waals surface area contributed by atoms with Crippen LogP contribution in [-0.4, -0.2) is 39.1 Å². The van der Waals surface area contributed by atoms with Gasteiger partial charge in [-0.1, -0.05) is 12.1 Å². The molecule has 2 aromatic heterocycles. The summed E-state index contributed by atoms with van der Waals surface area (Å²) in [5, 5.41) is 15.5. The molecule has 4 rings (SSSR count). The van der Waals surface area contributed by atoms with Crippen LogP contribution in [0.3, 0.4) is 0 Å². The molecular formula is C21H17BrF3N5O4. The van der Waals surface area contributed by atoms with Crippen LogP contribution in [0.5, 0.6) is 5.75 Å². The lowest BCUT2D eigenvalue weighted by Crippen LogP contribution is -2.17. The summed E-state index contributed by atoms with van der Waals surface area (Å²) >= 11 is 3.09. The number of nitrogens with zero attached hydrogens (tertiary/aromatic N) is 4. The van der Waals surface area contributed by atoms with Gasteiger partial charge in [0.05, 0.1) is 11.0 Å². The maximum atomic E-state index is 12.4. The standard InChI is InChI=1S/C21H17BrF3N5O4/c1-12(31)32-7-6-30-20(27-28-29-30)19-9-14-3-2-13(8-18(14)33-19)11-26-15-4-5-17(16(22)10-15)34-21(23,24)25/h2-5,8-10,26H,6-7,11H2,1H3. The van der Waals surface area contributed by atoms with Gasteiger partial charge in [0.25, 0.3) is 0 Å². The van der Waals surface area contributed by atoms with Crippen molar-refractivity contribution in [3.8, 4) is 17.3 Å². The minimum atomic E-state index is -4.76. The van der Waals surface area contributed by atoms with E-state index in [1.165, 1.54) is 29.8 Å². The number of halogens is 4. The molecule has 2 aromatic carbocycles. The first-order valence-electron chi connectivity index (χ1n) is 9.89. The molecule has 0 bridgehead atoms. The highest BCUT2D eigenvalue weighted by Gasteiger charge is 2.31. The molecular weight excluding hydrogens is 523 g/mol. The second-order valence-electron chi connectivity index (χ2n) is 7.10. The Morgan fingerprint density at radius 3 is 2.76 bits per heavy atom. The van der Waals surface area contributed by atoms with E-state index in [0.29, 0.717) is 29.4 Å². The smallest absolute Gasteiger partial charge is 0.464 e. The quantitative estimate of drug-likeness (QED) is 0.314. The minimum absolute atomic E-state index is 0.128. The molecule has 1 N–H and O–H groups in total. The van der Waals surface area contributed by atoms with Crippen LogP contribution < -0.4 is 10.1 Å². The molecule has 0 radical (unpaired) electrons. The van der Waals surface area contributed by atoms with Crippen molar-refractivity contribution >= 4 is 38.6 Å². The molecule has 34 heavy (non-hydrogen) atoms. The Kier molecular flexibility index (Phi) is 6.72. The average Bonchev–Trinajstić information content (AvgIpc) is 3.39. The first-order valence-corrected chi connectivity index (χ1v) is 10.7. The number of hydrogen-bond donors (Lipinski definition) is 1. The molecule has 9 nitrogen and oxygen atoms in total. The lowest BCUT2D eigenvalue weighted by Gasteiger charge is -2.12. The van der Waals surface area contributed by atoms with Crippen LogP contribution in [0.15, 0.2) is 51.4 Å². The molecule has 0 spiro atoms. The fraction of sp³-hybridized carbons (Fsp3) is 0.238. The van der Waals surface area contributed by atoms with Crippen molar-refractivity contribution in [2.75, 3.05) is 11.9 Å². The highest BCUT2D eigenvalue weighted by Crippen LogP contribution is 2.33. The van der Waals surface area contributed by atoms with E-state index >= 15 is 0 Å². The molecule has 13 heteroatoms. The molecule has 0 saturated heterocycles. The number of rotatable bonds is 8. The number of benzene rings is 2. The topological polar surface area (TPSA) is 104 Å². The maximum absolute atomic E-state index is 12.4. The van der Waals surface area contributed by atoms with Crippen molar-refractivity contribution in [3.05, 3.63) is 52.5 Å². The van der Waals surface area contributed by atoms with Gasteiger partial charge in [0.1, 0.15) is 17.9 Å². The molecule has 0 fully saturated rings. The summed E-state index contributed by atoms with van der Waals surface area (Å²) in [5.74, 6) is 0.140. The highest BCUT2D eigenvalue weighted by atomic mass is 79.9. The Labute approximate surface area is 198 Å². The van der Waals surface area contributed by atoms with Crippen LogP contribution in [0, 0.1) is 0 Å². The number of esters is 1. The van der Waals surface area contributed by atoms with Crippen LogP contribution in [0.4, 0.5) is 18.9 Å². The molecule has 4 aromatic rings. The van der Waals surface area contributed by atoms with E-state index in [2.05, 4.69) is 41.5 Å². The van der Waals surface area contributed by atoms with E-state index in [4.69, 9.17) is 9.15 Å². The van der Waals surface area contributed by atoms with Crippen molar-refractivity contribution < 1.29 is 31.9 Å². The number of aromatic nitrogens is 4. The monoisotopic (exact) mass is 539 g/mol. The third-order valence-corrected chi connectivity index (χ3v) is 5.22. The van der Waals surface area contributed by atoms with E-state index in [1.807, 2.05) is 18.2 Å². The first kappa shape index (κ1) is 23.5. The van der Waals surface area contributed by atoms with Crippen molar-refractivity contribution in [2.45, 2.75) is 26.4 Å².